The van der Waals surface area contributed by atoms with Crippen LogP contribution in [-0.2, 0) is 11.2 Å². The van der Waals surface area contributed by atoms with Crippen molar-refractivity contribution in [3.05, 3.63) is 78.3 Å². The van der Waals surface area contributed by atoms with Gasteiger partial charge in [-0.2, -0.15) is 0 Å². The average molecular weight is 367 g/mol. The fourth-order valence-electron chi connectivity index (χ4n) is 2.30. The number of carbonyl (C=O) groups is 1. The van der Waals surface area contributed by atoms with Crippen LogP contribution in [0.2, 0.25) is 0 Å². The van der Waals surface area contributed by atoms with E-state index < -0.39 is 0 Å². The van der Waals surface area contributed by atoms with E-state index in [1.165, 1.54) is 0 Å². The quantitative estimate of drug-likeness (QED) is 0.457. The van der Waals surface area contributed by atoms with Crippen LogP contribution in [0.4, 0.5) is 5.69 Å². The smallest absolute Gasteiger partial charge is 0.230 e. The van der Waals surface area contributed by atoms with Crippen molar-refractivity contribution < 1.29 is 4.79 Å². The third kappa shape index (κ3) is 4.81. The van der Waals surface area contributed by atoms with Crippen LogP contribution in [0.15, 0.2) is 77.5 Å². The van der Waals surface area contributed by atoms with Gasteiger partial charge in [0.05, 0.1) is 17.8 Å². The van der Waals surface area contributed by atoms with Gasteiger partial charge in [0.2, 0.25) is 5.91 Å². The predicted molar refractivity (Wildman–Crippen MR) is 107 cm³/mol. The summed E-state index contributed by atoms with van der Waals surface area (Å²) in [5.74, 6) is 0.746. The molecule has 126 valence electrons. The third-order valence-electron chi connectivity index (χ3n) is 3.43. The zero-order valence-corrected chi connectivity index (χ0v) is 15.3. The number of rotatable bonds is 7. The first kappa shape index (κ1) is 17.5. The predicted octanol–water partition coefficient (Wildman–Crippen LogP) is 5.27. The molecule has 25 heavy (non-hydrogen) atoms. The lowest BCUT2D eigenvalue weighted by Gasteiger charge is -2.09. The summed E-state index contributed by atoms with van der Waals surface area (Å²) in [5.41, 5.74) is 2.70. The lowest BCUT2D eigenvalue weighted by Crippen LogP contribution is -2.15. The Balaban J connectivity index is 1.66. The molecule has 0 fully saturated rings. The van der Waals surface area contributed by atoms with E-state index in [1.807, 2.05) is 66.1 Å². The van der Waals surface area contributed by atoms with E-state index in [1.54, 1.807) is 23.1 Å². The summed E-state index contributed by atoms with van der Waals surface area (Å²) in [5, 5.41) is 5.87. The number of nitrogens with zero attached hydrogens (tertiary/aromatic N) is 1. The molecule has 1 aromatic heterocycles. The Bertz CT molecular complexity index is 859. The molecule has 0 unspecified atom stereocenters. The molecule has 1 N–H and O–H groups in total. The number of thioether (sulfide) groups is 1. The number of amides is 1. The van der Waals surface area contributed by atoms with Crippen LogP contribution in [0.25, 0.3) is 10.6 Å². The molecule has 0 saturated carbocycles. The highest BCUT2D eigenvalue weighted by Gasteiger charge is 2.11. The van der Waals surface area contributed by atoms with Gasteiger partial charge in [-0.05, 0) is 12.1 Å². The minimum Gasteiger partial charge on any atom is -0.325 e. The second-order valence-corrected chi connectivity index (χ2v) is 7.25. The van der Waals surface area contributed by atoms with E-state index in [4.69, 9.17) is 0 Å². The van der Waals surface area contributed by atoms with Crippen LogP contribution in [0.5, 0.6) is 0 Å². The van der Waals surface area contributed by atoms with Gasteiger partial charge >= 0.3 is 0 Å². The Morgan fingerprint density at radius 1 is 1.16 bits per heavy atom. The van der Waals surface area contributed by atoms with Gasteiger partial charge in [0, 0.05) is 21.6 Å². The van der Waals surface area contributed by atoms with Crippen LogP contribution < -0.4 is 5.32 Å². The van der Waals surface area contributed by atoms with Gasteiger partial charge in [-0.25, -0.2) is 4.98 Å². The molecule has 0 aliphatic heterocycles. The lowest BCUT2D eigenvalue weighted by molar-refractivity contribution is -0.115. The summed E-state index contributed by atoms with van der Waals surface area (Å²) in [6.07, 6.45) is 2.12. The van der Waals surface area contributed by atoms with Gasteiger partial charge in [-0.3, -0.25) is 4.79 Å². The standard InChI is InChI=1S/C20H18N2OS2/c1-2-12-24-18-11-7-6-10-17(18)22-19(23)13-16-14-25-20(21-16)15-8-4-3-5-9-15/h2-11,14H,1,12-13H2,(H,22,23). The van der Waals surface area contributed by atoms with E-state index in [2.05, 4.69) is 16.9 Å². The highest BCUT2D eigenvalue weighted by molar-refractivity contribution is 7.99. The van der Waals surface area contributed by atoms with Crippen molar-refractivity contribution in [3.8, 4) is 10.6 Å². The first-order valence-electron chi connectivity index (χ1n) is 7.88. The molecule has 0 radical (unpaired) electrons. The Kier molecular flexibility index (Phi) is 6.04. The molecule has 3 aromatic rings. The molecule has 0 aliphatic carbocycles. The molecule has 5 heteroatoms. The number of thiazole rings is 1. The normalized spacial score (nSPS) is 10.4. The van der Waals surface area contributed by atoms with Gasteiger partial charge in [-0.15, -0.1) is 29.7 Å². The molecule has 3 nitrogen and oxygen atoms in total. The fraction of sp³-hybridized carbons (Fsp3) is 0.100. The summed E-state index contributed by atoms with van der Waals surface area (Å²) in [6, 6.07) is 17.8. The number of para-hydroxylation sites is 1. The van der Waals surface area contributed by atoms with E-state index in [-0.39, 0.29) is 12.3 Å². The maximum absolute atomic E-state index is 12.4. The maximum atomic E-state index is 12.4. The summed E-state index contributed by atoms with van der Waals surface area (Å²) >= 11 is 3.21. The SMILES string of the molecule is C=CCSc1ccccc1NC(=O)Cc1csc(-c2ccccc2)n1. The van der Waals surface area contributed by atoms with Gasteiger partial charge in [-0.1, -0.05) is 48.5 Å². The van der Waals surface area contributed by atoms with Crippen molar-refractivity contribution in [1.82, 2.24) is 4.98 Å². The highest BCUT2D eigenvalue weighted by atomic mass is 32.2. The zero-order valence-electron chi connectivity index (χ0n) is 13.6. The second kappa shape index (κ2) is 8.65. The fourth-order valence-corrected chi connectivity index (χ4v) is 3.88. The highest BCUT2D eigenvalue weighted by Crippen LogP contribution is 2.27. The number of carbonyl (C=O) groups excluding carboxylic acids is 1. The molecule has 0 atom stereocenters. The molecule has 2 aromatic carbocycles. The minimum absolute atomic E-state index is 0.0587. The number of anilines is 1. The van der Waals surface area contributed by atoms with E-state index in [0.717, 1.165) is 32.6 Å². The van der Waals surface area contributed by atoms with Crippen molar-refractivity contribution in [2.45, 2.75) is 11.3 Å². The molecule has 0 saturated heterocycles. The van der Waals surface area contributed by atoms with Crippen LogP contribution >= 0.6 is 23.1 Å². The Labute approximate surface area is 155 Å². The van der Waals surface area contributed by atoms with Gasteiger partial charge in [0.15, 0.2) is 0 Å². The van der Waals surface area contributed by atoms with Crippen LogP contribution in [-0.4, -0.2) is 16.6 Å². The minimum atomic E-state index is -0.0587. The summed E-state index contributed by atoms with van der Waals surface area (Å²) < 4.78 is 0. The number of benzene rings is 2. The summed E-state index contributed by atoms with van der Waals surface area (Å²) in [4.78, 5) is 18.0. The van der Waals surface area contributed by atoms with Gasteiger partial charge in [0.25, 0.3) is 0 Å². The maximum Gasteiger partial charge on any atom is 0.230 e. The van der Waals surface area contributed by atoms with Crippen molar-refractivity contribution in [1.29, 1.82) is 0 Å². The Hall–Kier alpha value is -2.37. The average Bonchev–Trinajstić information content (AvgIpc) is 3.10. The molecular formula is C20H18N2OS2. The lowest BCUT2D eigenvalue weighted by atomic mass is 10.2. The zero-order chi connectivity index (χ0) is 17.5. The Morgan fingerprint density at radius 2 is 1.92 bits per heavy atom. The van der Waals surface area contributed by atoms with Gasteiger partial charge in [0.1, 0.15) is 5.01 Å². The third-order valence-corrected chi connectivity index (χ3v) is 5.44. The second-order valence-electron chi connectivity index (χ2n) is 5.33. The van der Waals surface area contributed by atoms with E-state index in [0.29, 0.717) is 0 Å². The first-order valence-corrected chi connectivity index (χ1v) is 9.75. The molecule has 1 amide bonds. The van der Waals surface area contributed by atoms with Crippen molar-refractivity contribution in [3.63, 3.8) is 0 Å². The molecule has 3 rings (SSSR count). The molecule has 0 aliphatic rings. The number of nitrogens with one attached hydrogen (secondary N) is 1. The molecule has 1 heterocycles. The first-order chi connectivity index (χ1) is 12.3. The van der Waals surface area contributed by atoms with Crippen molar-refractivity contribution >= 4 is 34.7 Å². The van der Waals surface area contributed by atoms with Crippen molar-refractivity contribution in [2.75, 3.05) is 11.1 Å². The molecule has 0 bridgehead atoms. The molecular weight excluding hydrogens is 348 g/mol. The van der Waals surface area contributed by atoms with Crippen LogP contribution in [0, 0.1) is 0 Å². The van der Waals surface area contributed by atoms with Crippen molar-refractivity contribution in [2.24, 2.45) is 0 Å². The summed E-state index contributed by atoms with van der Waals surface area (Å²) in [6.45, 7) is 3.73. The van der Waals surface area contributed by atoms with E-state index in [9.17, 15) is 4.79 Å². The van der Waals surface area contributed by atoms with E-state index >= 15 is 0 Å². The van der Waals surface area contributed by atoms with Crippen LogP contribution in [0.3, 0.4) is 0 Å². The molecule has 0 spiro atoms. The number of hydrogen-bond acceptors (Lipinski definition) is 4. The monoisotopic (exact) mass is 366 g/mol. The Morgan fingerprint density at radius 3 is 2.72 bits per heavy atom. The van der Waals surface area contributed by atoms with Gasteiger partial charge < -0.3 is 5.32 Å². The number of aromatic nitrogens is 1. The largest absolute Gasteiger partial charge is 0.325 e. The van der Waals surface area contributed by atoms with Crippen LogP contribution in [0.1, 0.15) is 5.69 Å². The topological polar surface area (TPSA) is 42.0 Å². The summed E-state index contributed by atoms with van der Waals surface area (Å²) in [7, 11) is 0. The number of hydrogen-bond donors (Lipinski definition) is 1.